The van der Waals surface area contributed by atoms with Crippen molar-refractivity contribution in [2.45, 2.75) is 0 Å². The van der Waals surface area contributed by atoms with Crippen molar-refractivity contribution in [1.29, 1.82) is 0 Å². The maximum Gasteiger partial charge on any atom is 0.328 e. The molecule has 0 amide bonds. The Morgan fingerprint density at radius 3 is 1.94 bits per heavy atom. The number of nitrogens with zero attached hydrogens (tertiary/aromatic N) is 1. The van der Waals surface area contributed by atoms with E-state index >= 15 is 0 Å². The molecule has 0 saturated heterocycles. The molecule has 0 atom stereocenters. The topological polar surface area (TPSA) is 3.24 Å². The molecule has 36 heavy (non-hydrogen) atoms. The lowest BCUT2D eigenvalue weighted by Crippen LogP contribution is -2.57. The second kappa shape index (κ2) is 8.59. The van der Waals surface area contributed by atoms with E-state index in [2.05, 4.69) is 150 Å². The fourth-order valence-electron chi connectivity index (χ4n) is 5.70. The van der Waals surface area contributed by atoms with Crippen molar-refractivity contribution in [3.05, 3.63) is 146 Å². The van der Waals surface area contributed by atoms with Crippen LogP contribution in [-0.4, -0.2) is 6.85 Å². The van der Waals surface area contributed by atoms with E-state index in [4.69, 9.17) is 0 Å². The van der Waals surface area contributed by atoms with Gasteiger partial charge in [-0.15, -0.1) is 0 Å². The van der Waals surface area contributed by atoms with E-state index in [1.807, 2.05) is 0 Å². The summed E-state index contributed by atoms with van der Waals surface area (Å²) in [6.45, 7) is 0.0979. The monoisotopic (exact) mass is 457 g/mol. The van der Waals surface area contributed by atoms with Gasteiger partial charge in [0.1, 0.15) is 0 Å². The summed E-state index contributed by atoms with van der Waals surface area (Å²) in [5.74, 6) is 0. The van der Waals surface area contributed by atoms with Gasteiger partial charge in [0, 0.05) is 16.9 Å². The number of anilines is 2. The van der Waals surface area contributed by atoms with E-state index < -0.39 is 0 Å². The second-order valence-electron chi connectivity index (χ2n) is 9.36. The molecule has 6 aromatic carbocycles. The van der Waals surface area contributed by atoms with Gasteiger partial charge in [-0.1, -0.05) is 133 Å². The number of benzene rings is 6. The number of hydrogen-bond donors (Lipinski definition) is 0. The van der Waals surface area contributed by atoms with Gasteiger partial charge in [-0.05, 0) is 51.1 Å². The molecular formula is C34H24BN. The quantitative estimate of drug-likeness (QED) is 0.250. The lowest BCUT2D eigenvalue weighted by Gasteiger charge is -2.39. The zero-order valence-electron chi connectivity index (χ0n) is 19.9. The summed E-state index contributed by atoms with van der Waals surface area (Å²) in [5, 5.41) is 2.55. The standard InChI is InChI=1S/C34H24BN/c1-2-13-27(14-3-1)35-33-19-8-6-16-31(33)32-17-7-9-20-34(32)36(35)28-23-21-26(22-24-28)30-18-10-12-25-11-4-5-15-29(25)30/h1-24H. The van der Waals surface area contributed by atoms with Crippen LogP contribution in [0.4, 0.5) is 11.4 Å². The van der Waals surface area contributed by atoms with Crippen molar-refractivity contribution < 1.29 is 0 Å². The Morgan fingerprint density at radius 1 is 0.444 bits per heavy atom. The number of para-hydroxylation sites is 1. The predicted octanol–water partition coefficient (Wildman–Crippen LogP) is 7.43. The van der Waals surface area contributed by atoms with Crippen molar-refractivity contribution in [3.8, 4) is 22.3 Å². The van der Waals surface area contributed by atoms with Crippen LogP contribution in [0.5, 0.6) is 0 Å². The molecule has 1 aliphatic heterocycles. The maximum atomic E-state index is 2.50. The van der Waals surface area contributed by atoms with Crippen LogP contribution in [0.1, 0.15) is 0 Å². The zero-order chi connectivity index (χ0) is 23.9. The Morgan fingerprint density at radius 2 is 1.08 bits per heavy atom. The molecule has 1 nitrogen and oxygen atoms in total. The average molecular weight is 457 g/mol. The SMILES string of the molecule is c1ccc(B2c3ccccc3-c3ccccc3N2c2ccc(-c3cccc4ccccc34)cc2)cc1. The number of fused-ring (bicyclic) bond motifs is 4. The number of hydrogen-bond acceptors (Lipinski definition) is 1. The summed E-state index contributed by atoms with van der Waals surface area (Å²) in [4.78, 5) is 2.50. The van der Waals surface area contributed by atoms with Crippen molar-refractivity contribution in [2.75, 3.05) is 4.81 Å². The minimum atomic E-state index is 0.0979. The Bertz CT molecular complexity index is 1680. The highest BCUT2D eigenvalue weighted by atomic mass is 15.1. The summed E-state index contributed by atoms with van der Waals surface area (Å²) >= 11 is 0. The molecule has 1 aliphatic rings. The molecule has 0 unspecified atom stereocenters. The van der Waals surface area contributed by atoms with Gasteiger partial charge in [-0.2, -0.15) is 0 Å². The molecule has 2 heteroatoms. The van der Waals surface area contributed by atoms with Gasteiger partial charge in [0.05, 0.1) is 0 Å². The van der Waals surface area contributed by atoms with E-state index in [9.17, 15) is 0 Å². The van der Waals surface area contributed by atoms with Crippen LogP contribution < -0.4 is 15.7 Å². The first kappa shape index (κ1) is 20.8. The van der Waals surface area contributed by atoms with Crippen LogP contribution >= 0.6 is 0 Å². The first-order valence-corrected chi connectivity index (χ1v) is 12.5. The third-order valence-electron chi connectivity index (χ3n) is 7.33. The average Bonchev–Trinajstić information content (AvgIpc) is 2.97. The van der Waals surface area contributed by atoms with E-state index in [1.165, 1.54) is 55.3 Å². The summed E-state index contributed by atoms with van der Waals surface area (Å²) < 4.78 is 0. The van der Waals surface area contributed by atoms with Crippen LogP contribution in [-0.2, 0) is 0 Å². The summed E-state index contributed by atoms with van der Waals surface area (Å²) in [5.41, 5.74) is 10.1. The fourth-order valence-corrected chi connectivity index (χ4v) is 5.70. The van der Waals surface area contributed by atoms with Crippen LogP contribution in [0.25, 0.3) is 33.0 Å². The van der Waals surface area contributed by atoms with Crippen molar-refractivity contribution in [3.63, 3.8) is 0 Å². The highest BCUT2D eigenvalue weighted by molar-refractivity contribution is 6.90. The Labute approximate surface area is 212 Å². The third-order valence-corrected chi connectivity index (χ3v) is 7.33. The molecule has 0 N–H and O–H groups in total. The van der Waals surface area contributed by atoms with Crippen molar-refractivity contribution >= 4 is 39.9 Å². The van der Waals surface area contributed by atoms with Crippen LogP contribution in [0, 0.1) is 0 Å². The van der Waals surface area contributed by atoms with Gasteiger partial charge in [-0.25, -0.2) is 0 Å². The highest BCUT2D eigenvalue weighted by Gasteiger charge is 2.36. The lowest BCUT2D eigenvalue weighted by molar-refractivity contribution is 1.36. The van der Waals surface area contributed by atoms with E-state index in [1.54, 1.807) is 0 Å². The molecule has 0 fully saturated rings. The molecule has 7 rings (SSSR count). The molecule has 0 radical (unpaired) electrons. The third kappa shape index (κ3) is 3.34. The van der Waals surface area contributed by atoms with Crippen LogP contribution in [0.15, 0.2) is 146 Å². The smallest absolute Gasteiger partial charge is 0.328 e. The number of rotatable bonds is 3. The first-order valence-electron chi connectivity index (χ1n) is 12.5. The van der Waals surface area contributed by atoms with Gasteiger partial charge >= 0.3 is 6.85 Å². The van der Waals surface area contributed by atoms with Crippen LogP contribution in [0.2, 0.25) is 0 Å². The normalized spacial score (nSPS) is 12.3. The van der Waals surface area contributed by atoms with Crippen molar-refractivity contribution in [1.82, 2.24) is 0 Å². The lowest BCUT2D eigenvalue weighted by atomic mass is 9.46. The minimum Gasteiger partial charge on any atom is -0.376 e. The fraction of sp³-hybridized carbons (Fsp3) is 0. The molecule has 168 valence electrons. The Hall–Kier alpha value is -4.56. The molecule has 0 aliphatic carbocycles. The zero-order valence-corrected chi connectivity index (χ0v) is 19.9. The minimum absolute atomic E-state index is 0.0979. The largest absolute Gasteiger partial charge is 0.376 e. The van der Waals surface area contributed by atoms with Gasteiger partial charge in [0.25, 0.3) is 0 Å². The van der Waals surface area contributed by atoms with E-state index in [0.717, 1.165) is 0 Å². The molecule has 0 aromatic heterocycles. The second-order valence-corrected chi connectivity index (χ2v) is 9.36. The summed E-state index contributed by atoms with van der Waals surface area (Å²) in [7, 11) is 0. The van der Waals surface area contributed by atoms with Crippen molar-refractivity contribution in [2.24, 2.45) is 0 Å². The summed E-state index contributed by atoms with van der Waals surface area (Å²) in [6, 6.07) is 52.7. The predicted molar refractivity (Wildman–Crippen MR) is 155 cm³/mol. The van der Waals surface area contributed by atoms with Gasteiger partial charge in [0.15, 0.2) is 0 Å². The molecule has 0 saturated carbocycles. The van der Waals surface area contributed by atoms with Gasteiger partial charge in [-0.3, -0.25) is 0 Å². The maximum absolute atomic E-state index is 2.50. The first-order chi connectivity index (χ1) is 17.9. The molecule has 6 aromatic rings. The molecule has 0 spiro atoms. The van der Waals surface area contributed by atoms with Gasteiger partial charge in [0.2, 0.25) is 0 Å². The molecule has 1 heterocycles. The van der Waals surface area contributed by atoms with E-state index in [0.29, 0.717) is 0 Å². The van der Waals surface area contributed by atoms with E-state index in [-0.39, 0.29) is 6.85 Å². The van der Waals surface area contributed by atoms with Gasteiger partial charge < -0.3 is 4.81 Å². The Kier molecular flexibility index (Phi) is 4.96. The molecular weight excluding hydrogens is 433 g/mol. The van der Waals surface area contributed by atoms with Crippen LogP contribution in [0.3, 0.4) is 0 Å². The highest BCUT2D eigenvalue weighted by Crippen LogP contribution is 2.40. The Balaban J connectivity index is 1.40. The summed E-state index contributed by atoms with van der Waals surface area (Å²) in [6.07, 6.45) is 0. The molecule has 0 bridgehead atoms.